The molecule has 0 saturated carbocycles. The Bertz CT molecular complexity index is 802. The highest BCUT2D eigenvalue weighted by Gasteiger charge is 2.21. The molecule has 0 atom stereocenters. The molecule has 24 heavy (non-hydrogen) atoms. The van der Waals surface area contributed by atoms with Crippen molar-refractivity contribution in [2.75, 3.05) is 14.2 Å². The number of hydrogen-bond acceptors (Lipinski definition) is 4. The van der Waals surface area contributed by atoms with Gasteiger partial charge in [0.1, 0.15) is 23.0 Å². The first-order chi connectivity index (χ1) is 11.6. The Morgan fingerprint density at radius 1 is 0.792 bits per heavy atom. The molecule has 0 N–H and O–H groups in total. The zero-order chi connectivity index (χ0) is 17.1. The largest absolute Gasteiger partial charge is 0.497 e. The number of nitrogens with zero attached hydrogens (tertiary/aromatic N) is 1. The lowest BCUT2D eigenvalue weighted by Gasteiger charge is -2.08. The van der Waals surface area contributed by atoms with Gasteiger partial charge < -0.3 is 14.0 Å². The fourth-order valence-corrected chi connectivity index (χ4v) is 2.68. The van der Waals surface area contributed by atoms with Crippen LogP contribution in [0.1, 0.15) is 25.5 Å². The maximum absolute atomic E-state index is 5.67. The summed E-state index contributed by atoms with van der Waals surface area (Å²) in [5.74, 6) is 2.76. The van der Waals surface area contributed by atoms with Crippen LogP contribution in [0, 0.1) is 0 Å². The Labute approximate surface area is 142 Å². The Morgan fingerprint density at radius 2 is 1.29 bits per heavy atom. The molecule has 2 aromatic carbocycles. The van der Waals surface area contributed by atoms with Crippen LogP contribution in [0.3, 0.4) is 0 Å². The van der Waals surface area contributed by atoms with Crippen LogP contribution in [-0.4, -0.2) is 19.4 Å². The van der Waals surface area contributed by atoms with Crippen LogP contribution >= 0.6 is 0 Å². The minimum absolute atomic E-state index is 0.238. The van der Waals surface area contributed by atoms with Crippen molar-refractivity contribution in [3.63, 3.8) is 0 Å². The molecule has 0 aliphatic heterocycles. The maximum Gasteiger partial charge on any atom is 0.147 e. The number of methoxy groups -OCH3 is 2. The molecular weight excluding hydrogens is 302 g/mol. The summed E-state index contributed by atoms with van der Waals surface area (Å²) in [7, 11) is 3.32. The SMILES string of the molecule is COc1ccc(-c2noc(C(C)C)c2-c2ccc(OC)cc2)cc1. The standard InChI is InChI=1S/C20H21NO3/c1-13(2)20-18(14-5-9-16(22-3)10-6-14)19(21-24-20)15-7-11-17(23-4)12-8-15/h5-13H,1-4H3. The molecule has 0 aliphatic rings. The van der Waals surface area contributed by atoms with Crippen molar-refractivity contribution in [3.8, 4) is 33.9 Å². The van der Waals surface area contributed by atoms with E-state index in [1.54, 1.807) is 14.2 Å². The molecule has 0 saturated heterocycles. The average Bonchev–Trinajstić information content (AvgIpc) is 3.07. The van der Waals surface area contributed by atoms with Gasteiger partial charge in [-0.3, -0.25) is 0 Å². The molecule has 124 valence electrons. The molecule has 3 aromatic rings. The second-order valence-corrected chi connectivity index (χ2v) is 5.88. The zero-order valence-electron chi connectivity index (χ0n) is 14.4. The first-order valence-corrected chi connectivity index (χ1v) is 7.92. The third-order valence-electron chi connectivity index (χ3n) is 3.99. The molecule has 1 aromatic heterocycles. The first-order valence-electron chi connectivity index (χ1n) is 7.92. The van der Waals surface area contributed by atoms with Crippen molar-refractivity contribution in [2.24, 2.45) is 0 Å². The van der Waals surface area contributed by atoms with E-state index in [0.717, 1.165) is 39.6 Å². The predicted molar refractivity (Wildman–Crippen MR) is 94.6 cm³/mol. The third-order valence-corrected chi connectivity index (χ3v) is 3.99. The quantitative estimate of drug-likeness (QED) is 0.651. The summed E-state index contributed by atoms with van der Waals surface area (Å²) < 4.78 is 16.1. The Morgan fingerprint density at radius 3 is 1.75 bits per heavy atom. The van der Waals surface area contributed by atoms with Gasteiger partial charge in [0.25, 0.3) is 0 Å². The number of hydrogen-bond donors (Lipinski definition) is 0. The van der Waals surface area contributed by atoms with Gasteiger partial charge in [0, 0.05) is 11.5 Å². The minimum atomic E-state index is 0.238. The van der Waals surface area contributed by atoms with Gasteiger partial charge in [0.15, 0.2) is 0 Å². The molecular formula is C20H21NO3. The Kier molecular flexibility index (Phi) is 4.56. The fourth-order valence-electron chi connectivity index (χ4n) is 2.68. The molecule has 0 amide bonds. The van der Waals surface area contributed by atoms with E-state index in [4.69, 9.17) is 14.0 Å². The summed E-state index contributed by atoms with van der Waals surface area (Å²) in [6.45, 7) is 4.21. The van der Waals surface area contributed by atoms with E-state index in [0.29, 0.717) is 0 Å². The van der Waals surface area contributed by atoms with Crippen LogP contribution in [0.15, 0.2) is 53.1 Å². The highest BCUT2D eigenvalue weighted by atomic mass is 16.5. The van der Waals surface area contributed by atoms with Crippen LogP contribution in [0.25, 0.3) is 22.4 Å². The molecule has 0 bridgehead atoms. The van der Waals surface area contributed by atoms with Gasteiger partial charge in [-0.1, -0.05) is 31.1 Å². The average molecular weight is 323 g/mol. The maximum atomic E-state index is 5.67. The predicted octanol–water partition coefficient (Wildman–Crippen LogP) is 5.15. The molecule has 4 heteroatoms. The minimum Gasteiger partial charge on any atom is -0.497 e. The van der Waals surface area contributed by atoms with Crippen LogP contribution in [0.4, 0.5) is 0 Å². The van der Waals surface area contributed by atoms with E-state index in [1.165, 1.54) is 0 Å². The monoisotopic (exact) mass is 323 g/mol. The van der Waals surface area contributed by atoms with Crippen LogP contribution in [0.2, 0.25) is 0 Å². The zero-order valence-corrected chi connectivity index (χ0v) is 14.4. The van der Waals surface area contributed by atoms with E-state index in [-0.39, 0.29) is 5.92 Å². The topological polar surface area (TPSA) is 44.5 Å². The summed E-state index contributed by atoms with van der Waals surface area (Å²) in [6, 6.07) is 15.8. The van der Waals surface area contributed by atoms with Gasteiger partial charge in [-0.25, -0.2) is 0 Å². The van der Waals surface area contributed by atoms with Crippen molar-refractivity contribution >= 4 is 0 Å². The summed E-state index contributed by atoms with van der Waals surface area (Å²) in [5.41, 5.74) is 3.92. The van der Waals surface area contributed by atoms with Gasteiger partial charge in [0.05, 0.1) is 19.8 Å². The summed E-state index contributed by atoms with van der Waals surface area (Å²) in [5, 5.41) is 4.34. The number of rotatable bonds is 5. The van der Waals surface area contributed by atoms with E-state index < -0.39 is 0 Å². The number of ether oxygens (including phenoxy) is 2. The Balaban J connectivity index is 2.12. The Hall–Kier alpha value is -2.75. The second-order valence-electron chi connectivity index (χ2n) is 5.88. The summed E-state index contributed by atoms with van der Waals surface area (Å²) in [6.07, 6.45) is 0. The highest BCUT2D eigenvalue weighted by molar-refractivity contribution is 5.82. The van der Waals surface area contributed by atoms with Crippen molar-refractivity contribution in [3.05, 3.63) is 54.3 Å². The van der Waals surface area contributed by atoms with Crippen LogP contribution < -0.4 is 9.47 Å². The van der Waals surface area contributed by atoms with E-state index in [9.17, 15) is 0 Å². The van der Waals surface area contributed by atoms with Gasteiger partial charge in [-0.2, -0.15) is 0 Å². The normalized spacial score (nSPS) is 10.9. The molecule has 3 rings (SSSR count). The van der Waals surface area contributed by atoms with Gasteiger partial charge >= 0.3 is 0 Å². The lowest BCUT2D eigenvalue weighted by molar-refractivity contribution is 0.373. The van der Waals surface area contributed by atoms with Gasteiger partial charge in [0.2, 0.25) is 0 Å². The smallest absolute Gasteiger partial charge is 0.147 e. The lowest BCUT2D eigenvalue weighted by atomic mass is 9.95. The summed E-state index contributed by atoms with van der Waals surface area (Å²) in [4.78, 5) is 0. The second kappa shape index (κ2) is 6.79. The molecule has 0 spiro atoms. The van der Waals surface area contributed by atoms with Crippen molar-refractivity contribution in [1.29, 1.82) is 0 Å². The van der Waals surface area contributed by atoms with Gasteiger partial charge in [-0.05, 0) is 42.0 Å². The van der Waals surface area contributed by atoms with Crippen molar-refractivity contribution in [1.82, 2.24) is 5.16 Å². The third kappa shape index (κ3) is 3.00. The van der Waals surface area contributed by atoms with Crippen molar-refractivity contribution < 1.29 is 14.0 Å². The van der Waals surface area contributed by atoms with E-state index >= 15 is 0 Å². The molecule has 0 fully saturated rings. The van der Waals surface area contributed by atoms with Crippen LogP contribution in [-0.2, 0) is 0 Å². The molecule has 0 aliphatic carbocycles. The molecule has 1 heterocycles. The molecule has 0 radical (unpaired) electrons. The number of aromatic nitrogens is 1. The lowest BCUT2D eigenvalue weighted by Crippen LogP contribution is -1.91. The van der Waals surface area contributed by atoms with E-state index in [1.807, 2.05) is 48.5 Å². The first kappa shape index (κ1) is 16.1. The molecule has 4 nitrogen and oxygen atoms in total. The van der Waals surface area contributed by atoms with Crippen LogP contribution in [0.5, 0.6) is 11.5 Å². The van der Waals surface area contributed by atoms with Crippen molar-refractivity contribution in [2.45, 2.75) is 19.8 Å². The van der Waals surface area contributed by atoms with Gasteiger partial charge in [-0.15, -0.1) is 0 Å². The number of benzene rings is 2. The van der Waals surface area contributed by atoms with E-state index in [2.05, 4.69) is 19.0 Å². The highest BCUT2D eigenvalue weighted by Crippen LogP contribution is 2.38. The summed E-state index contributed by atoms with van der Waals surface area (Å²) >= 11 is 0. The molecule has 0 unspecified atom stereocenters. The fraction of sp³-hybridized carbons (Fsp3) is 0.250.